The minimum absolute atomic E-state index is 0.206. The Morgan fingerprint density at radius 1 is 1.35 bits per heavy atom. The molecule has 0 amide bonds. The Bertz CT molecular complexity index is 377. The number of alkyl halides is 3. The molecule has 0 radical (unpaired) electrons. The van der Waals surface area contributed by atoms with Crippen molar-refractivity contribution in [2.45, 2.75) is 26.1 Å². The summed E-state index contributed by atoms with van der Waals surface area (Å²) in [4.78, 5) is 0. The number of hydrogen-bond donors (Lipinski definition) is 1. The highest BCUT2D eigenvalue weighted by Crippen LogP contribution is 2.31. The summed E-state index contributed by atoms with van der Waals surface area (Å²) in [7, 11) is 0. The van der Waals surface area contributed by atoms with Gasteiger partial charge in [-0.1, -0.05) is 13.0 Å². The lowest BCUT2D eigenvalue weighted by molar-refractivity contribution is -0.137. The maximum atomic E-state index is 12.5. The van der Waals surface area contributed by atoms with E-state index >= 15 is 0 Å². The van der Waals surface area contributed by atoms with E-state index < -0.39 is 11.7 Å². The molecule has 5 heteroatoms. The van der Waals surface area contributed by atoms with Gasteiger partial charge in [-0.3, -0.25) is 0 Å². The Morgan fingerprint density at radius 2 is 2.00 bits per heavy atom. The normalized spacial score (nSPS) is 13.8. The molecular formula is C12H16F3NS. The van der Waals surface area contributed by atoms with Crippen molar-refractivity contribution in [1.82, 2.24) is 0 Å². The topological polar surface area (TPSA) is 26.0 Å². The third kappa shape index (κ3) is 3.92. The van der Waals surface area contributed by atoms with Crippen molar-refractivity contribution in [3.8, 4) is 0 Å². The summed E-state index contributed by atoms with van der Waals surface area (Å²) in [6.07, 6.45) is -4.29. The first-order valence-electron chi connectivity index (χ1n) is 5.37. The summed E-state index contributed by atoms with van der Waals surface area (Å²) >= 11 is 1.68. The summed E-state index contributed by atoms with van der Waals surface area (Å²) in [6.45, 7) is 3.69. The van der Waals surface area contributed by atoms with Crippen molar-refractivity contribution in [3.63, 3.8) is 0 Å². The molecule has 1 unspecified atom stereocenters. The molecule has 1 atom stereocenters. The van der Waals surface area contributed by atoms with E-state index in [0.29, 0.717) is 5.56 Å². The number of rotatable bonds is 4. The fraction of sp³-hybridized carbons (Fsp3) is 0.500. The fourth-order valence-corrected chi connectivity index (χ4v) is 2.27. The Labute approximate surface area is 104 Å². The molecule has 2 N–H and O–H groups in total. The maximum Gasteiger partial charge on any atom is 0.416 e. The van der Waals surface area contributed by atoms with Crippen molar-refractivity contribution in [2.24, 2.45) is 5.73 Å². The molecule has 0 saturated heterocycles. The first-order chi connectivity index (χ1) is 7.86. The monoisotopic (exact) mass is 263 g/mol. The zero-order valence-electron chi connectivity index (χ0n) is 9.84. The van der Waals surface area contributed by atoms with E-state index in [-0.39, 0.29) is 6.04 Å². The highest BCUT2D eigenvalue weighted by Gasteiger charge is 2.30. The lowest BCUT2D eigenvalue weighted by atomic mass is 10.0. The summed E-state index contributed by atoms with van der Waals surface area (Å²) in [6, 6.07) is 3.53. The van der Waals surface area contributed by atoms with E-state index in [1.54, 1.807) is 18.7 Å². The lowest BCUT2D eigenvalue weighted by Crippen LogP contribution is -2.15. The Balaban J connectivity index is 2.90. The second-order valence-corrected chi connectivity index (χ2v) is 5.15. The fourth-order valence-electron chi connectivity index (χ4n) is 1.60. The summed E-state index contributed by atoms with van der Waals surface area (Å²) in [5.41, 5.74) is 6.71. The van der Waals surface area contributed by atoms with Crippen LogP contribution in [0.3, 0.4) is 0 Å². The van der Waals surface area contributed by atoms with Crippen LogP contribution in [0.2, 0.25) is 0 Å². The first kappa shape index (κ1) is 14.4. The van der Waals surface area contributed by atoms with Crippen LogP contribution >= 0.6 is 11.8 Å². The molecule has 1 rings (SSSR count). The van der Waals surface area contributed by atoms with Crippen molar-refractivity contribution in [3.05, 3.63) is 34.9 Å². The van der Waals surface area contributed by atoms with Crippen LogP contribution in [0.1, 0.15) is 29.7 Å². The lowest BCUT2D eigenvalue weighted by Gasteiger charge is -2.16. The van der Waals surface area contributed by atoms with E-state index in [4.69, 9.17) is 5.73 Å². The van der Waals surface area contributed by atoms with Crippen LogP contribution in [0, 0.1) is 6.92 Å². The van der Waals surface area contributed by atoms with Gasteiger partial charge in [0.05, 0.1) is 5.56 Å². The minimum atomic E-state index is -4.29. The number of hydrogen-bond acceptors (Lipinski definition) is 2. The molecule has 17 heavy (non-hydrogen) atoms. The van der Waals surface area contributed by atoms with Crippen molar-refractivity contribution >= 4 is 11.8 Å². The summed E-state index contributed by atoms with van der Waals surface area (Å²) in [5.74, 6) is 1.68. The van der Waals surface area contributed by atoms with Crippen molar-refractivity contribution in [1.29, 1.82) is 0 Å². The minimum Gasteiger partial charge on any atom is -0.323 e. The Morgan fingerprint density at radius 3 is 2.47 bits per heavy atom. The largest absolute Gasteiger partial charge is 0.416 e. The quantitative estimate of drug-likeness (QED) is 0.895. The molecule has 0 saturated carbocycles. The van der Waals surface area contributed by atoms with Crippen LogP contribution in [0.25, 0.3) is 0 Å². The number of aryl methyl sites for hydroxylation is 1. The third-order valence-electron chi connectivity index (χ3n) is 2.50. The van der Waals surface area contributed by atoms with Crippen LogP contribution in [-0.2, 0) is 6.18 Å². The average Bonchev–Trinajstić information content (AvgIpc) is 2.24. The Hall–Kier alpha value is -0.680. The molecule has 1 aromatic carbocycles. The van der Waals surface area contributed by atoms with E-state index in [0.717, 1.165) is 29.2 Å². The number of nitrogens with two attached hydrogens (primary N) is 1. The van der Waals surface area contributed by atoms with Gasteiger partial charge < -0.3 is 5.73 Å². The SMILES string of the molecule is CCSCC(N)c1ccc(C(F)(F)F)cc1C. The van der Waals surface area contributed by atoms with E-state index in [2.05, 4.69) is 0 Å². The molecule has 0 aliphatic heterocycles. The first-order valence-corrected chi connectivity index (χ1v) is 6.52. The molecule has 1 aromatic rings. The number of halogens is 3. The maximum absolute atomic E-state index is 12.5. The van der Waals surface area contributed by atoms with Crippen molar-refractivity contribution in [2.75, 3.05) is 11.5 Å². The van der Waals surface area contributed by atoms with E-state index in [1.807, 2.05) is 6.92 Å². The highest BCUT2D eigenvalue weighted by atomic mass is 32.2. The molecule has 0 spiro atoms. The van der Waals surface area contributed by atoms with Crippen LogP contribution in [-0.4, -0.2) is 11.5 Å². The van der Waals surface area contributed by atoms with Gasteiger partial charge in [-0.15, -0.1) is 0 Å². The molecular weight excluding hydrogens is 247 g/mol. The molecule has 0 heterocycles. The number of benzene rings is 1. The van der Waals surface area contributed by atoms with Gasteiger partial charge in [-0.05, 0) is 35.9 Å². The second kappa shape index (κ2) is 5.78. The van der Waals surface area contributed by atoms with Gasteiger partial charge in [-0.25, -0.2) is 0 Å². The number of thioether (sulfide) groups is 1. The van der Waals surface area contributed by atoms with Crippen molar-refractivity contribution < 1.29 is 13.2 Å². The zero-order valence-corrected chi connectivity index (χ0v) is 10.7. The average molecular weight is 263 g/mol. The molecule has 0 aliphatic rings. The molecule has 0 fully saturated rings. The predicted octanol–water partition coefficient (Wildman–Crippen LogP) is 3.77. The van der Waals surface area contributed by atoms with Crippen LogP contribution in [0.5, 0.6) is 0 Å². The second-order valence-electron chi connectivity index (χ2n) is 3.84. The van der Waals surface area contributed by atoms with E-state index in [1.165, 1.54) is 6.07 Å². The van der Waals surface area contributed by atoms with Crippen LogP contribution in [0.15, 0.2) is 18.2 Å². The van der Waals surface area contributed by atoms with Crippen LogP contribution in [0.4, 0.5) is 13.2 Å². The van der Waals surface area contributed by atoms with Gasteiger partial charge in [0.2, 0.25) is 0 Å². The molecule has 0 aliphatic carbocycles. The van der Waals surface area contributed by atoms with Crippen LogP contribution < -0.4 is 5.73 Å². The summed E-state index contributed by atoms with van der Waals surface area (Å²) in [5, 5.41) is 0. The molecule has 96 valence electrons. The molecule has 0 bridgehead atoms. The van der Waals surface area contributed by atoms with Gasteiger partial charge >= 0.3 is 6.18 Å². The standard InChI is InChI=1S/C12H16F3NS/c1-3-17-7-11(16)10-5-4-9(6-8(10)2)12(13,14)15/h4-6,11H,3,7,16H2,1-2H3. The van der Waals surface area contributed by atoms with Gasteiger partial charge in [0.1, 0.15) is 0 Å². The molecule has 0 aromatic heterocycles. The van der Waals surface area contributed by atoms with Gasteiger partial charge in [0.25, 0.3) is 0 Å². The zero-order chi connectivity index (χ0) is 13.1. The predicted molar refractivity (Wildman–Crippen MR) is 66.1 cm³/mol. The smallest absolute Gasteiger partial charge is 0.323 e. The van der Waals surface area contributed by atoms with Gasteiger partial charge in [-0.2, -0.15) is 24.9 Å². The van der Waals surface area contributed by atoms with Gasteiger partial charge in [0, 0.05) is 11.8 Å². The third-order valence-corrected chi connectivity index (χ3v) is 3.50. The van der Waals surface area contributed by atoms with E-state index in [9.17, 15) is 13.2 Å². The Kier molecular flexibility index (Phi) is 4.89. The summed E-state index contributed by atoms with van der Waals surface area (Å²) < 4.78 is 37.4. The molecule has 1 nitrogen and oxygen atoms in total. The highest BCUT2D eigenvalue weighted by molar-refractivity contribution is 7.99. The van der Waals surface area contributed by atoms with Gasteiger partial charge in [0.15, 0.2) is 0 Å².